The Hall–Kier alpha value is -1.92. The van der Waals surface area contributed by atoms with Crippen molar-refractivity contribution in [2.24, 2.45) is 0 Å². The summed E-state index contributed by atoms with van der Waals surface area (Å²) >= 11 is 0. The summed E-state index contributed by atoms with van der Waals surface area (Å²) < 4.78 is 16.2. The van der Waals surface area contributed by atoms with Gasteiger partial charge in [-0.15, -0.1) is 10.2 Å². The van der Waals surface area contributed by atoms with Crippen molar-refractivity contribution in [3.63, 3.8) is 0 Å². The van der Waals surface area contributed by atoms with Crippen LogP contribution in [-0.4, -0.2) is 30.5 Å². The molecule has 0 saturated carbocycles. The van der Waals surface area contributed by atoms with E-state index in [1.807, 2.05) is 25.1 Å². The number of para-hydroxylation sites is 1. The van der Waals surface area contributed by atoms with E-state index < -0.39 is 0 Å². The number of hydrogen-bond donors (Lipinski definition) is 1. The molecule has 6 heteroatoms. The quantitative estimate of drug-likeness (QED) is 0.750. The second-order valence-electron chi connectivity index (χ2n) is 4.74. The van der Waals surface area contributed by atoms with Crippen LogP contribution in [0.15, 0.2) is 22.6 Å². The zero-order chi connectivity index (χ0) is 15.1. The molecule has 0 atom stereocenters. The van der Waals surface area contributed by atoms with Gasteiger partial charge in [-0.05, 0) is 12.5 Å². The fourth-order valence-electron chi connectivity index (χ4n) is 1.99. The lowest BCUT2D eigenvalue weighted by atomic mass is 10.1. The van der Waals surface area contributed by atoms with E-state index >= 15 is 0 Å². The molecule has 0 bridgehead atoms. The molecule has 0 aliphatic heterocycles. The molecule has 6 nitrogen and oxygen atoms in total. The van der Waals surface area contributed by atoms with Crippen LogP contribution in [-0.2, 0) is 17.9 Å². The van der Waals surface area contributed by atoms with Crippen molar-refractivity contribution in [3.8, 4) is 5.75 Å². The standard InChI is InChI=1S/C15H21N3O3/c1-11-5-4-6-13(9-16-7-8-19-3)15(11)20-10-14-18-17-12(2)21-14/h4-6,16H,7-10H2,1-3H3. The van der Waals surface area contributed by atoms with Crippen LogP contribution in [0.4, 0.5) is 0 Å². The highest BCUT2D eigenvalue weighted by Crippen LogP contribution is 2.24. The van der Waals surface area contributed by atoms with Gasteiger partial charge < -0.3 is 19.2 Å². The summed E-state index contributed by atoms with van der Waals surface area (Å²) in [7, 11) is 1.69. The molecule has 0 aliphatic rings. The Kier molecular flexibility index (Phi) is 5.71. The van der Waals surface area contributed by atoms with Gasteiger partial charge in [-0.3, -0.25) is 0 Å². The van der Waals surface area contributed by atoms with Crippen molar-refractivity contribution in [2.75, 3.05) is 20.3 Å². The van der Waals surface area contributed by atoms with E-state index in [2.05, 4.69) is 15.5 Å². The van der Waals surface area contributed by atoms with Crippen LogP contribution in [0.2, 0.25) is 0 Å². The third-order valence-electron chi connectivity index (χ3n) is 3.00. The van der Waals surface area contributed by atoms with Crippen molar-refractivity contribution in [1.29, 1.82) is 0 Å². The maximum absolute atomic E-state index is 5.86. The molecule has 1 aromatic heterocycles. The number of hydrogen-bond acceptors (Lipinski definition) is 6. The minimum Gasteiger partial charge on any atom is -0.483 e. The summed E-state index contributed by atoms with van der Waals surface area (Å²) in [6.45, 7) is 6.26. The molecule has 114 valence electrons. The Morgan fingerprint density at radius 3 is 2.81 bits per heavy atom. The summed E-state index contributed by atoms with van der Waals surface area (Å²) in [5, 5.41) is 11.0. The van der Waals surface area contributed by atoms with E-state index in [1.165, 1.54) is 0 Å². The lowest BCUT2D eigenvalue weighted by Crippen LogP contribution is -2.19. The van der Waals surface area contributed by atoms with E-state index in [0.29, 0.717) is 18.4 Å². The first-order chi connectivity index (χ1) is 10.2. The summed E-state index contributed by atoms with van der Waals surface area (Å²) in [5.41, 5.74) is 2.18. The van der Waals surface area contributed by atoms with E-state index in [9.17, 15) is 0 Å². The molecule has 0 fully saturated rings. The maximum Gasteiger partial charge on any atom is 0.253 e. The molecule has 21 heavy (non-hydrogen) atoms. The Morgan fingerprint density at radius 1 is 1.24 bits per heavy atom. The summed E-state index contributed by atoms with van der Waals surface area (Å²) in [4.78, 5) is 0. The second kappa shape index (κ2) is 7.75. The summed E-state index contributed by atoms with van der Waals surface area (Å²) in [5.74, 6) is 1.88. The topological polar surface area (TPSA) is 69.4 Å². The fourth-order valence-corrected chi connectivity index (χ4v) is 1.99. The third-order valence-corrected chi connectivity index (χ3v) is 3.00. The average molecular weight is 291 g/mol. The number of methoxy groups -OCH3 is 1. The van der Waals surface area contributed by atoms with Crippen LogP contribution in [0.3, 0.4) is 0 Å². The zero-order valence-corrected chi connectivity index (χ0v) is 12.7. The van der Waals surface area contributed by atoms with Gasteiger partial charge in [0.05, 0.1) is 6.61 Å². The number of rotatable bonds is 8. The number of ether oxygens (including phenoxy) is 2. The van der Waals surface area contributed by atoms with Gasteiger partial charge in [0.15, 0.2) is 6.61 Å². The van der Waals surface area contributed by atoms with Gasteiger partial charge in [-0.2, -0.15) is 0 Å². The Balaban J connectivity index is 1.99. The highest BCUT2D eigenvalue weighted by Gasteiger charge is 2.09. The normalized spacial score (nSPS) is 10.8. The molecule has 0 spiro atoms. The number of aromatic nitrogens is 2. The van der Waals surface area contributed by atoms with Crippen molar-refractivity contribution < 1.29 is 13.9 Å². The number of aryl methyl sites for hydroxylation is 2. The smallest absolute Gasteiger partial charge is 0.253 e. The van der Waals surface area contributed by atoms with Crippen LogP contribution in [0.1, 0.15) is 22.9 Å². The maximum atomic E-state index is 5.86. The molecule has 1 N–H and O–H groups in total. The number of benzene rings is 1. The predicted octanol–water partition coefficient (Wildman–Crippen LogP) is 2.00. The minimum atomic E-state index is 0.275. The molecule has 1 aromatic carbocycles. The average Bonchev–Trinajstić information content (AvgIpc) is 2.88. The highest BCUT2D eigenvalue weighted by atomic mass is 16.5. The Bertz CT molecular complexity index is 569. The molecular weight excluding hydrogens is 270 g/mol. The van der Waals surface area contributed by atoms with Gasteiger partial charge in [0.1, 0.15) is 5.75 Å². The molecule has 0 saturated heterocycles. The lowest BCUT2D eigenvalue weighted by molar-refractivity contribution is 0.199. The first-order valence-corrected chi connectivity index (χ1v) is 6.90. The van der Waals surface area contributed by atoms with E-state index in [1.54, 1.807) is 14.0 Å². The van der Waals surface area contributed by atoms with Gasteiger partial charge in [-0.25, -0.2) is 0 Å². The fraction of sp³-hybridized carbons (Fsp3) is 0.467. The highest BCUT2D eigenvalue weighted by molar-refractivity contribution is 5.40. The predicted molar refractivity (Wildman–Crippen MR) is 78.1 cm³/mol. The lowest BCUT2D eigenvalue weighted by Gasteiger charge is -2.13. The van der Waals surface area contributed by atoms with Crippen LogP contribution in [0.5, 0.6) is 5.75 Å². The number of nitrogens with zero attached hydrogens (tertiary/aromatic N) is 2. The van der Waals surface area contributed by atoms with Crippen LogP contribution in [0, 0.1) is 13.8 Å². The summed E-state index contributed by atoms with van der Waals surface area (Å²) in [6.07, 6.45) is 0. The molecule has 0 unspecified atom stereocenters. The second-order valence-corrected chi connectivity index (χ2v) is 4.74. The van der Waals surface area contributed by atoms with Crippen LogP contribution < -0.4 is 10.1 Å². The van der Waals surface area contributed by atoms with Crippen molar-refractivity contribution in [1.82, 2.24) is 15.5 Å². The Labute approximate surface area is 124 Å². The van der Waals surface area contributed by atoms with E-state index in [0.717, 1.165) is 30.0 Å². The van der Waals surface area contributed by atoms with Gasteiger partial charge in [-0.1, -0.05) is 18.2 Å². The molecule has 2 rings (SSSR count). The summed E-state index contributed by atoms with van der Waals surface area (Å²) in [6, 6.07) is 6.08. The molecule has 1 heterocycles. The van der Waals surface area contributed by atoms with E-state index in [4.69, 9.17) is 13.9 Å². The van der Waals surface area contributed by atoms with Crippen LogP contribution in [0.25, 0.3) is 0 Å². The van der Waals surface area contributed by atoms with Crippen molar-refractivity contribution >= 4 is 0 Å². The van der Waals surface area contributed by atoms with Crippen molar-refractivity contribution in [3.05, 3.63) is 41.1 Å². The SMILES string of the molecule is COCCNCc1cccc(C)c1OCc1nnc(C)o1. The largest absolute Gasteiger partial charge is 0.483 e. The zero-order valence-electron chi connectivity index (χ0n) is 12.7. The molecule has 0 aliphatic carbocycles. The monoisotopic (exact) mass is 291 g/mol. The molecule has 0 radical (unpaired) electrons. The minimum absolute atomic E-state index is 0.275. The van der Waals surface area contributed by atoms with Gasteiger partial charge >= 0.3 is 0 Å². The first kappa shape index (κ1) is 15.5. The number of nitrogens with one attached hydrogen (secondary N) is 1. The Morgan fingerprint density at radius 2 is 2.10 bits per heavy atom. The van der Waals surface area contributed by atoms with Gasteiger partial charge in [0.25, 0.3) is 5.89 Å². The molecular formula is C15H21N3O3. The first-order valence-electron chi connectivity index (χ1n) is 6.90. The van der Waals surface area contributed by atoms with Crippen molar-refractivity contribution in [2.45, 2.75) is 27.0 Å². The van der Waals surface area contributed by atoms with Crippen LogP contribution >= 0.6 is 0 Å². The van der Waals surface area contributed by atoms with E-state index in [-0.39, 0.29) is 6.61 Å². The third kappa shape index (κ3) is 4.54. The van der Waals surface area contributed by atoms with Gasteiger partial charge in [0.2, 0.25) is 5.89 Å². The molecule has 0 amide bonds. The van der Waals surface area contributed by atoms with Gasteiger partial charge in [0, 0.05) is 32.7 Å². The molecule has 2 aromatic rings.